The number of hydrogen-bond donors (Lipinski definition) is 2. The van der Waals surface area contributed by atoms with E-state index in [1.165, 1.54) is 6.20 Å². The summed E-state index contributed by atoms with van der Waals surface area (Å²) in [5.41, 5.74) is -0.284. The van der Waals surface area contributed by atoms with E-state index in [1.807, 2.05) is 12.1 Å². The topological polar surface area (TPSA) is 80.9 Å². The molecule has 0 bridgehead atoms. The van der Waals surface area contributed by atoms with Gasteiger partial charge in [0.15, 0.2) is 0 Å². The number of aliphatic hydroxyl groups is 2. The highest BCUT2D eigenvalue weighted by molar-refractivity contribution is 5.81. The van der Waals surface area contributed by atoms with Gasteiger partial charge < -0.3 is 19.8 Å². The Kier molecular flexibility index (Phi) is 3.43. The van der Waals surface area contributed by atoms with Crippen molar-refractivity contribution in [3.63, 3.8) is 0 Å². The molecule has 0 spiro atoms. The molecule has 0 aliphatic carbocycles. The molecule has 1 aliphatic heterocycles. The van der Waals surface area contributed by atoms with Crippen LogP contribution in [0.1, 0.15) is 6.42 Å². The Balaban J connectivity index is 1.85. The van der Waals surface area contributed by atoms with Crippen molar-refractivity contribution in [2.24, 2.45) is 0 Å². The first-order valence-corrected chi connectivity index (χ1v) is 6.41. The normalized spacial score (nSPS) is 26.0. The van der Waals surface area contributed by atoms with Crippen molar-refractivity contribution in [1.82, 2.24) is 4.73 Å². The van der Waals surface area contributed by atoms with Crippen molar-refractivity contribution in [2.45, 2.75) is 24.9 Å². The molecule has 20 heavy (non-hydrogen) atoms. The lowest BCUT2D eigenvalue weighted by Gasteiger charge is -2.15. The van der Waals surface area contributed by atoms with Crippen molar-refractivity contribution >= 4 is 10.8 Å². The van der Waals surface area contributed by atoms with Crippen LogP contribution in [0.25, 0.3) is 10.8 Å². The van der Waals surface area contributed by atoms with Crippen molar-refractivity contribution in [2.75, 3.05) is 6.61 Å². The molecule has 1 aliphatic rings. The van der Waals surface area contributed by atoms with Crippen LogP contribution in [0, 0.1) is 0 Å². The highest BCUT2D eigenvalue weighted by Gasteiger charge is 2.35. The zero-order valence-corrected chi connectivity index (χ0v) is 10.7. The van der Waals surface area contributed by atoms with Gasteiger partial charge in [0.1, 0.15) is 6.10 Å². The summed E-state index contributed by atoms with van der Waals surface area (Å²) in [5, 5.41) is 20.0. The van der Waals surface area contributed by atoms with Gasteiger partial charge in [-0.1, -0.05) is 18.2 Å². The first-order valence-electron chi connectivity index (χ1n) is 6.41. The maximum absolute atomic E-state index is 12.2. The maximum atomic E-state index is 12.2. The van der Waals surface area contributed by atoms with E-state index in [-0.39, 0.29) is 18.6 Å². The average molecular weight is 277 g/mol. The fourth-order valence-corrected chi connectivity index (χ4v) is 2.30. The van der Waals surface area contributed by atoms with Gasteiger partial charge in [0.05, 0.1) is 18.1 Å². The van der Waals surface area contributed by atoms with Gasteiger partial charge >= 0.3 is 0 Å². The Morgan fingerprint density at radius 2 is 2.15 bits per heavy atom. The Bertz CT molecular complexity index is 668. The van der Waals surface area contributed by atoms with Crippen LogP contribution >= 0.6 is 0 Å². The smallest absolute Gasteiger partial charge is 0.290 e. The van der Waals surface area contributed by atoms with Crippen LogP contribution in [0.15, 0.2) is 41.3 Å². The third-order valence-electron chi connectivity index (χ3n) is 3.38. The van der Waals surface area contributed by atoms with Gasteiger partial charge in [-0.25, -0.2) is 0 Å². The van der Waals surface area contributed by atoms with Gasteiger partial charge in [-0.15, -0.1) is 4.73 Å². The minimum Gasteiger partial charge on any atom is -0.394 e. The molecule has 6 nitrogen and oxygen atoms in total. The molecule has 2 aromatic rings. The van der Waals surface area contributed by atoms with Crippen molar-refractivity contribution in [3.8, 4) is 0 Å². The molecular weight excluding hydrogens is 262 g/mol. The van der Waals surface area contributed by atoms with Gasteiger partial charge in [-0.3, -0.25) is 4.79 Å². The summed E-state index contributed by atoms with van der Waals surface area (Å²) in [6.45, 7) is -0.284. The number of benzene rings is 1. The van der Waals surface area contributed by atoms with Crippen LogP contribution < -0.4 is 10.4 Å². The van der Waals surface area contributed by atoms with Crippen molar-refractivity contribution < 1.29 is 19.8 Å². The fourth-order valence-electron chi connectivity index (χ4n) is 2.30. The first-order chi connectivity index (χ1) is 9.69. The van der Waals surface area contributed by atoms with Gasteiger partial charge in [0.25, 0.3) is 5.56 Å². The molecule has 2 N–H and O–H groups in total. The Hall–Kier alpha value is -1.89. The summed E-state index contributed by atoms with van der Waals surface area (Å²) in [7, 11) is 0. The Labute approximate surface area is 114 Å². The third kappa shape index (κ3) is 2.29. The SMILES string of the molecule is O=c1c2ccccc2ccn1O[C@H]1C[C@H](O)[C@@H](CO)O1. The monoisotopic (exact) mass is 277 g/mol. The minimum absolute atomic E-state index is 0.213. The van der Waals surface area contributed by atoms with Crippen LogP contribution in [0.2, 0.25) is 0 Å². The number of pyridine rings is 1. The fraction of sp³-hybridized carbons (Fsp3) is 0.357. The second-order valence-electron chi connectivity index (χ2n) is 4.73. The largest absolute Gasteiger partial charge is 0.394 e. The second-order valence-corrected chi connectivity index (χ2v) is 4.73. The molecule has 0 radical (unpaired) electrons. The lowest BCUT2D eigenvalue weighted by Crippen LogP contribution is -2.33. The molecule has 6 heteroatoms. The molecule has 2 heterocycles. The lowest BCUT2D eigenvalue weighted by molar-refractivity contribution is -0.147. The molecule has 1 saturated heterocycles. The third-order valence-corrected chi connectivity index (χ3v) is 3.38. The maximum Gasteiger partial charge on any atom is 0.290 e. The Morgan fingerprint density at radius 3 is 2.90 bits per heavy atom. The molecule has 0 saturated carbocycles. The van der Waals surface area contributed by atoms with Gasteiger partial charge in [-0.05, 0) is 17.5 Å². The summed E-state index contributed by atoms with van der Waals surface area (Å²) < 4.78 is 6.41. The highest BCUT2D eigenvalue weighted by atomic mass is 16.8. The summed E-state index contributed by atoms with van der Waals surface area (Å²) in [4.78, 5) is 17.6. The van der Waals surface area contributed by atoms with E-state index in [1.54, 1.807) is 18.2 Å². The van der Waals surface area contributed by atoms with E-state index in [0.717, 1.165) is 10.1 Å². The minimum atomic E-state index is -0.791. The highest BCUT2D eigenvalue weighted by Crippen LogP contribution is 2.19. The zero-order valence-electron chi connectivity index (χ0n) is 10.7. The van der Waals surface area contributed by atoms with Crippen molar-refractivity contribution in [3.05, 3.63) is 46.9 Å². The Morgan fingerprint density at radius 1 is 1.35 bits per heavy atom. The van der Waals surface area contributed by atoms with E-state index in [4.69, 9.17) is 14.7 Å². The summed E-state index contributed by atoms with van der Waals surface area (Å²) in [6.07, 6.45) is -0.477. The first kappa shape index (κ1) is 13.1. The van der Waals surface area contributed by atoms with Crippen LogP contribution in [-0.4, -0.2) is 40.0 Å². The number of rotatable bonds is 3. The van der Waals surface area contributed by atoms with E-state index < -0.39 is 18.5 Å². The van der Waals surface area contributed by atoms with Crippen LogP contribution in [0.5, 0.6) is 0 Å². The number of ether oxygens (including phenoxy) is 1. The van der Waals surface area contributed by atoms with E-state index in [9.17, 15) is 9.90 Å². The number of aliphatic hydroxyl groups excluding tert-OH is 2. The molecule has 0 amide bonds. The standard InChI is InChI=1S/C14H15NO5/c16-8-12-11(17)7-13(19-12)20-15-6-5-9-3-1-2-4-10(9)14(15)18/h1-6,11-13,16-17H,7-8H2/t11-,12+,13-/m0/s1. The second kappa shape index (κ2) is 5.24. The average Bonchev–Trinajstić information content (AvgIpc) is 2.82. The van der Waals surface area contributed by atoms with E-state index >= 15 is 0 Å². The van der Waals surface area contributed by atoms with Crippen molar-refractivity contribution in [1.29, 1.82) is 0 Å². The summed E-state index contributed by atoms with van der Waals surface area (Å²) in [5.74, 6) is 0. The van der Waals surface area contributed by atoms with Crippen LogP contribution in [0.4, 0.5) is 0 Å². The van der Waals surface area contributed by atoms with Crippen LogP contribution in [-0.2, 0) is 4.74 Å². The molecule has 1 aromatic heterocycles. The quantitative estimate of drug-likeness (QED) is 0.818. The van der Waals surface area contributed by atoms with Crippen LogP contribution in [0.3, 0.4) is 0 Å². The molecule has 0 unspecified atom stereocenters. The molecule has 1 fully saturated rings. The predicted octanol–water partition coefficient (Wildman–Crippen LogP) is -0.102. The number of nitrogens with zero attached hydrogens (tertiary/aromatic N) is 1. The molecule has 3 rings (SSSR count). The molecule has 106 valence electrons. The van der Waals surface area contributed by atoms with E-state index in [0.29, 0.717) is 5.39 Å². The molecular formula is C14H15NO5. The predicted molar refractivity (Wildman–Crippen MR) is 71.2 cm³/mol. The molecule has 3 atom stereocenters. The summed E-state index contributed by atoms with van der Waals surface area (Å²) in [6, 6.07) is 8.98. The zero-order chi connectivity index (χ0) is 14.1. The number of aromatic nitrogens is 1. The van der Waals surface area contributed by atoms with Gasteiger partial charge in [0, 0.05) is 12.6 Å². The number of fused-ring (bicyclic) bond motifs is 1. The number of hydrogen-bond acceptors (Lipinski definition) is 5. The van der Waals surface area contributed by atoms with E-state index in [2.05, 4.69) is 0 Å². The summed E-state index contributed by atoms with van der Waals surface area (Å²) >= 11 is 0. The van der Waals surface area contributed by atoms with Gasteiger partial charge in [-0.2, -0.15) is 0 Å². The molecule has 1 aromatic carbocycles. The van der Waals surface area contributed by atoms with Gasteiger partial charge in [0.2, 0.25) is 6.29 Å². The lowest BCUT2D eigenvalue weighted by atomic mass is 10.2.